The fourth-order valence-electron chi connectivity index (χ4n) is 6.80. The molecule has 0 saturated heterocycles. The summed E-state index contributed by atoms with van der Waals surface area (Å²) < 4.78 is 0. The van der Waals surface area contributed by atoms with E-state index >= 15 is 0 Å². The van der Waals surface area contributed by atoms with Gasteiger partial charge in [0.15, 0.2) is 0 Å². The minimum absolute atomic E-state index is 0.0783. The Bertz CT molecular complexity index is 2140. The Labute approximate surface area is 333 Å². The summed E-state index contributed by atoms with van der Waals surface area (Å²) in [4.78, 5) is 68.1. The van der Waals surface area contributed by atoms with Crippen molar-refractivity contribution in [3.63, 3.8) is 0 Å². The Morgan fingerprint density at radius 3 is 1.39 bits per heavy atom. The number of unbranched alkanes of at least 4 members (excludes halogenated alkanes) is 1. The van der Waals surface area contributed by atoms with Crippen LogP contribution in [-0.4, -0.2) is 66.8 Å². The molecule has 10 N–H and O–H groups in total. The second kappa shape index (κ2) is 21.3. The molecule has 5 aromatic carbocycles. The van der Waals surface area contributed by atoms with Gasteiger partial charge in [0, 0.05) is 25.7 Å². The summed E-state index contributed by atoms with van der Waals surface area (Å²) in [5.41, 5.74) is 19.3. The van der Waals surface area contributed by atoms with Crippen LogP contribution in [0.3, 0.4) is 0 Å². The first-order chi connectivity index (χ1) is 27.6. The van der Waals surface area contributed by atoms with Gasteiger partial charge in [-0.15, -0.1) is 0 Å². The van der Waals surface area contributed by atoms with Crippen molar-refractivity contribution in [2.24, 2.45) is 17.2 Å². The van der Waals surface area contributed by atoms with E-state index in [1.54, 1.807) is 0 Å². The van der Waals surface area contributed by atoms with Crippen LogP contribution in [-0.2, 0) is 43.2 Å². The second-order valence-corrected chi connectivity index (χ2v) is 14.3. The van der Waals surface area contributed by atoms with Gasteiger partial charge < -0.3 is 38.5 Å². The maximum Gasteiger partial charge on any atom is 0.243 e. The summed E-state index contributed by atoms with van der Waals surface area (Å²) in [5, 5.41) is 15.4. The molecule has 0 spiro atoms. The predicted octanol–water partition coefficient (Wildman–Crippen LogP) is 3.31. The molecule has 0 heterocycles. The minimum atomic E-state index is -1.17. The number of amides is 5. The quantitative estimate of drug-likeness (QED) is 0.0553. The van der Waals surface area contributed by atoms with Gasteiger partial charge in [-0.05, 0) is 77.0 Å². The predicted molar refractivity (Wildman–Crippen MR) is 224 cm³/mol. The molecule has 12 heteroatoms. The van der Waals surface area contributed by atoms with Crippen LogP contribution in [0.4, 0.5) is 0 Å². The third-order valence-electron chi connectivity index (χ3n) is 9.92. The first-order valence-corrected chi connectivity index (χ1v) is 19.5. The van der Waals surface area contributed by atoms with Gasteiger partial charge in [-0.3, -0.25) is 24.0 Å². The van der Waals surface area contributed by atoms with Crippen LogP contribution < -0.4 is 38.5 Å². The number of nitrogens with two attached hydrogens (primary N) is 3. The summed E-state index contributed by atoms with van der Waals surface area (Å²) in [5.74, 6) is -2.82. The highest BCUT2D eigenvalue weighted by Crippen LogP contribution is 2.19. The minimum Gasteiger partial charge on any atom is -0.368 e. The van der Waals surface area contributed by atoms with E-state index < -0.39 is 47.8 Å². The normalized spacial score (nSPS) is 13.2. The zero-order valence-electron chi connectivity index (χ0n) is 32.1. The molecule has 0 aromatic heterocycles. The molecule has 0 saturated carbocycles. The highest BCUT2D eigenvalue weighted by molar-refractivity contribution is 5.96. The lowest BCUT2D eigenvalue weighted by Gasteiger charge is -2.27. The number of fused-ring (bicyclic) bond motifs is 2. The van der Waals surface area contributed by atoms with Gasteiger partial charge in [-0.25, -0.2) is 0 Å². The topological polar surface area (TPSA) is 212 Å². The van der Waals surface area contributed by atoms with Gasteiger partial charge in [-0.1, -0.05) is 115 Å². The molecule has 0 aliphatic rings. The average molecular weight is 772 g/mol. The maximum atomic E-state index is 14.5. The lowest BCUT2D eigenvalue weighted by molar-refractivity contribution is -0.134. The number of hydrogen-bond donors (Lipinski definition) is 7. The zero-order chi connectivity index (χ0) is 40.6. The first-order valence-electron chi connectivity index (χ1n) is 19.5. The van der Waals surface area contributed by atoms with E-state index in [-0.39, 0.29) is 31.6 Å². The third kappa shape index (κ3) is 12.7. The number of rotatable bonds is 21. The Hall–Kier alpha value is -6.11. The molecule has 57 heavy (non-hydrogen) atoms. The number of carbonyl (C=O) groups is 5. The number of nitrogens with one attached hydrogen (secondary N) is 4. The standard InChI is InChI=1S/C45H53N7O5/c46-23-9-8-17-37(42(48)54)50-44(56)39(27-30-11-2-1-3-12-30)51-45(57)40(29-32-20-22-34-14-5-7-16-36(34)26-32)52-43(55)38(49-41(53)18-10-24-47)28-31-19-21-33-13-4-6-15-35(33)25-31/h1-7,11-16,19-22,25-26,37-40H,8-10,17-18,23-24,27-29,46-47H2,(H2,48,54)(H,49,53)(H,50,56)(H,51,57)(H,52,55)/t37?,38?,39-,40+/m0/s1. The van der Waals surface area contributed by atoms with Crippen molar-refractivity contribution in [2.75, 3.05) is 13.1 Å². The Morgan fingerprint density at radius 2 is 0.895 bits per heavy atom. The van der Waals surface area contributed by atoms with Crippen LogP contribution in [0.2, 0.25) is 0 Å². The molecule has 5 aromatic rings. The number of primary amides is 1. The lowest BCUT2D eigenvalue weighted by atomic mass is 9.98. The van der Waals surface area contributed by atoms with E-state index in [9.17, 15) is 24.0 Å². The number of carbonyl (C=O) groups excluding carboxylic acids is 5. The maximum absolute atomic E-state index is 14.5. The van der Waals surface area contributed by atoms with E-state index in [0.29, 0.717) is 38.8 Å². The Morgan fingerprint density at radius 1 is 0.456 bits per heavy atom. The summed E-state index contributed by atoms with van der Waals surface area (Å²) in [6.45, 7) is 0.742. The van der Waals surface area contributed by atoms with Crippen molar-refractivity contribution in [3.8, 4) is 0 Å². The molecule has 12 nitrogen and oxygen atoms in total. The van der Waals surface area contributed by atoms with E-state index in [1.165, 1.54) is 0 Å². The number of hydrogen-bond acceptors (Lipinski definition) is 7. The van der Waals surface area contributed by atoms with Gasteiger partial charge in [0.1, 0.15) is 24.2 Å². The lowest BCUT2D eigenvalue weighted by Crippen LogP contribution is -2.59. The molecular formula is C45H53N7O5. The number of benzene rings is 5. The second-order valence-electron chi connectivity index (χ2n) is 14.3. The van der Waals surface area contributed by atoms with E-state index in [1.807, 2.05) is 115 Å². The van der Waals surface area contributed by atoms with Crippen molar-refractivity contribution in [1.29, 1.82) is 0 Å². The monoisotopic (exact) mass is 771 g/mol. The zero-order valence-corrected chi connectivity index (χ0v) is 32.1. The largest absolute Gasteiger partial charge is 0.368 e. The molecule has 2 unspecified atom stereocenters. The van der Waals surface area contributed by atoms with Crippen LogP contribution >= 0.6 is 0 Å². The van der Waals surface area contributed by atoms with E-state index in [0.717, 1.165) is 38.2 Å². The fraction of sp³-hybridized carbons (Fsp3) is 0.311. The summed E-state index contributed by atoms with van der Waals surface area (Å²) >= 11 is 0. The SMILES string of the molecule is NCCCCC(NC(=O)[C@H](Cc1ccccc1)NC(=O)[C@@H](Cc1ccc2ccccc2c1)NC(=O)C(Cc1ccc2ccccc2c1)NC(=O)CCCN)C(N)=O. The van der Waals surface area contributed by atoms with E-state index in [4.69, 9.17) is 17.2 Å². The molecule has 298 valence electrons. The Balaban J connectivity index is 1.45. The van der Waals surface area contributed by atoms with Gasteiger partial charge in [0.2, 0.25) is 29.5 Å². The smallest absolute Gasteiger partial charge is 0.243 e. The third-order valence-corrected chi connectivity index (χ3v) is 9.92. The fourth-order valence-corrected chi connectivity index (χ4v) is 6.80. The molecule has 5 amide bonds. The van der Waals surface area contributed by atoms with Crippen LogP contribution in [0.15, 0.2) is 115 Å². The van der Waals surface area contributed by atoms with Crippen LogP contribution in [0.1, 0.15) is 48.8 Å². The van der Waals surface area contributed by atoms with Gasteiger partial charge in [0.25, 0.3) is 0 Å². The van der Waals surface area contributed by atoms with Crippen molar-refractivity contribution < 1.29 is 24.0 Å². The van der Waals surface area contributed by atoms with Crippen molar-refractivity contribution in [3.05, 3.63) is 132 Å². The van der Waals surface area contributed by atoms with Crippen LogP contribution in [0.5, 0.6) is 0 Å². The molecular weight excluding hydrogens is 719 g/mol. The molecule has 4 atom stereocenters. The highest BCUT2D eigenvalue weighted by Gasteiger charge is 2.31. The van der Waals surface area contributed by atoms with Gasteiger partial charge in [0.05, 0.1) is 0 Å². The molecule has 0 fully saturated rings. The average Bonchev–Trinajstić information content (AvgIpc) is 3.22. The Kier molecular flexibility index (Phi) is 15.7. The van der Waals surface area contributed by atoms with Crippen molar-refractivity contribution in [2.45, 2.75) is 75.5 Å². The van der Waals surface area contributed by atoms with Crippen LogP contribution in [0.25, 0.3) is 21.5 Å². The molecule has 0 aliphatic carbocycles. The molecule has 0 radical (unpaired) electrons. The van der Waals surface area contributed by atoms with Gasteiger partial charge >= 0.3 is 0 Å². The molecule has 5 rings (SSSR count). The van der Waals surface area contributed by atoms with Crippen LogP contribution in [0, 0.1) is 0 Å². The summed E-state index contributed by atoms with van der Waals surface area (Å²) in [6, 6.07) is 32.2. The van der Waals surface area contributed by atoms with Crippen molar-refractivity contribution in [1.82, 2.24) is 21.3 Å². The summed E-state index contributed by atoms with van der Waals surface area (Å²) in [6.07, 6.45) is 2.43. The van der Waals surface area contributed by atoms with Crippen molar-refractivity contribution >= 4 is 51.1 Å². The van der Waals surface area contributed by atoms with E-state index in [2.05, 4.69) is 21.3 Å². The molecule has 0 aliphatic heterocycles. The summed E-state index contributed by atoms with van der Waals surface area (Å²) in [7, 11) is 0. The first kappa shape index (κ1) is 42.0. The van der Waals surface area contributed by atoms with Gasteiger partial charge in [-0.2, -0.15) is 0 Å². The highest BCUT2D eigenvalue weighted by atomic mass is 16.2. The molecule has 0 bridgehead atoms.